The largest absolute Gasteiger partial charge is 0.459 e. The third kappa shape index (κ3) is 5.67. The van der Waals surface area contributed by atoms with Gasteiger partial charge in [0.05, 0.1) is 17.4 Å². The highest BCUT2D eigenvalue weighted by atomic mass is 16.5. The Morgan fingerprint density at radius 3 is 2.48 bits per heavy atom. The van der Waals surface area contributed by atoms with Crippen molar-refractivity contribution in [1.82, 2.24) is 19.9 Å². The molecule has 4 heterocycles. The number of anilines is 1. The van der Waals surface area contributed by atoms with Gasteiger partial charge in [0.2, 0.25) is 0 Å². The number of benzene rings is 1. The van der Waals surface area contributed by atoms with E-state index in [1.807, 2.05) is 51.2 Å². The molecule has 1 N–H and O–H groups in total. The Bertz CT molecular complexity index is 1560. The number of carbonyl (C=O) groups excluding carboxylic acids is 2. The molecule has 1 aromatic carbocycles. The van der Waals surface area contributed by atoms with E-state index in [1.165, 1.54) is 12.3 Å². The summed E-state index contributed by atoms with van der Waals surface area (Å²) in [5.41, 5.74) is 6.54. The average Bonchev–Trinajstić information content (AvgIpc) is 3.33. The van der Waals surface area contributed by atoms with Gasteiger partial charge >= 0.3 is 5.97 Å². The smallest absolute Gasteiger partial charge is 0.339 e. The van der Waals surface area contributed by atoms with Crippen LogP contribution < -0.4 is 4.90 Å². The molecule has 40 heavy (non-hydrogen) atoms. The number of aromatic amines is 1. The molecule has 0 radical (unpaired) electrons. The predicted molar refractivity (Wildman–Crippen MR) is 159 cm³/mol. The fraction of sp³-hybridized carbons (Fsp3) is 0.312. The maximum absolute atomic E-state index is 12.7. The lowest BCUT2D eigenvalue weighted by molar-refractivity contribution is -0.114. The number of aromatic nitrogens is 3. The number of H-pyrrole nitrogens is 1. The van der Waals surface area contributed by atoms with Crippen molar-refractivity contribution in [3.8, 4) is 22.4 Å². The number of ketones is 1. The summed E-state index contributed by atoms with van der Waals surface area (Å²) in [6, 6.07) is 12.0. The molecule has 0 bridgehead atoms. The van der Waals surface area contributed by atoms with Crippen molar-refractivity contribution in [2.45, 2.75) is 33.3 Å². The predicted octanol–water partition coefficient (Wildman–Crippen LogP) is 5.21. The molecular weight excluding hydrogens is 502 g/mol. The normalized spacial score (nSPS) is 14.1. The minimum Gasteiger partial charge on any atom is -0.459 e. The monoisotopic (exact) mass is 537 g/mol. The number of ether oxygens (including phenoxy) is 1. The van der Waals surface area contributed by atoms with Crippen molar-refractivity contribution < 1.29 is 14.3 Å². The number of piperazine rings is 1. The van der Waals surface area contributed by atoms with Crippen LogP contribution in [-0.2, 0) is 16.0 Å². The van der Waals surface area contributed by atoms with Crippen LogP contribution in [0.5, 0.6) is 0 Å². The van der Waals surface area contributed by atoms with Gasteiger partial charge in [0, 0.05) is 61.5 Å². The van der Waals surface area contributed by atoms with Gasteiger partial charge in [0.15, 0.2) is 5.78 Å². The van der Waals surface area contributed by atoms with Crippen LogP contribution in [0.25, 0.3) is 33.4 Å². The highest BCUT2D eigenvalue weighted by molar-refractivity contribution is 6.05. The molecule has 0 aliphatic carbocycles. The third-order valence-corrected chi connectivity index (χ3v) is 7.32. The summed E-state index contributed by atoms with van der Waals surface area (Å²) in [5.74, 6) is 0.493. The molecule has 0 atom stereocenters. The number of pyridine rings is 2. The summed E-state index contributed by atoms with van der Waals surface area (Å²) in [6.07, 6.45) is 4.80. The number of allylic oxidation sites excluding steroid dienone is 1. The summed E-state index contributed by atoms with van der Waals surface area (Å²) in [5, 5.41) is 0.793. The minimum absolute atomic E-state index is 0.0384. The Kier molecular flexibility index (Phi) is 7.80. The lowest BCUT2D eigenvalue weighted by Gasteiger charge is -2.33. The Morgan fingerprint density at radius 1 is 1.05 bits per heavy atom. The third-order valence-electron chi connectivity index (χ3n) is 7.32. The zero-order chi connectivity index (χ0) is 28.4. The van der Waals surface area contributed by atoms with Crippen molar-refractivity contribution in [3.05, 3.63) is 78.1 Å². The number of nitrogens with zero attached hydrogens (tertiary/aromatic N) is 4. The molecule has 8 nitrogen and oxygen atoms in total. The standard InChI is InChI=1S/C32H35N5O3/c1-6-26(38)16-24-15-22(8-7-21(24)4)29-27-17-25(32(39)40-20(2)3)19-34-31(27)35-30(29)23-9-10-28(33-18-23)37-13-11-36(5)12-14-37/h6-10,15,17-20H,1,11-14,16H2,2-5H3,(H,34,35). The first-order chi connectivity index (χ1) is 19.2. The number of carbonyl (C=O) groups is 2. The number of likely N-dealkylation sites (N-methyl/N-ethyl adjacent to an activating group) is 1. The van der Waals surface area contributed by atoms with Gasteiger partial charge in [-0.1, -0.05) is 24.8 Å². The van der Waals surface area contributed by atoms with E-state index >= 15 is 0 Å². The lowest BCUT2D eigenvalue weighted by Crippen LogP contribution is -2.44. The van der Waals surface area contributed by atoms with Crippen molar-refractivity contribution in [3.63, 3.8) is 0 Å². The van der Waals surface area contributed by atoms with Gasteiger partial charge in [-0.25, -0.2) is 14.8 Å². The highest BCUT2D eigenvalue weighted by Gasteiger charge is 2.21. The van der Waals surface area contributed by atoms with Crippen LogP contribution >= 0.6 is 0 Å². The first kappa shape index (κ1) is 27.3. The highest BCUT2D eigenvalue weighted by Crippen LogP contribution is 2.39. The zero-order valence-corrected chi connectivity index (χ0v) is 23.5. The molecule has 5 rings (SSSR count). The molecule has 1 saturated heterocycles. The molecule has 0 saturated carbocycles. The summed E-state index contributed by atoms with van der Waals surface area (Å²) in [7, 11) is 2.14. The van der Waals surface area contributed by atoms with Crippen LogP contribution in [-0.4, -0.2) is 70.9 Å². The zero-order valence-electron chi connectivity index (χ0n) is 23.5. The quantitative estimate of drug-likeness (QED) is 0.244. The summed E-state index contributed by atoms with van der Waals surface area (Å²) < 4.78 is 5.44. The van der Waals surface area contributed by atoms with Gasteiger partial charge in [0.25, 0.3) is 0 Å². The van der Waals surface area contributed by atoms with Crippen LogP contribution in [0.4, 0.5) is 5.82 Å². The van der Waals surface area contributed by atoms with Crippen LogP contribution in [0.1, 0.15) is 35.3 Å². The van der Waals surface area contributed by atoms with Gasteiger partial charge in [-0.2, -0.15) is 0 Å². The van der Waals surface area contributed by atoms with Crippen LogP contribution in [0.3, 0.4) is 0 Å². The summed E-state index contributed by atoms with van der Waals surface area (Å²) >= 11 is 0. The van der Waals surface area contributed by atoms with Gasteiger partial charge in [-0.3, -0.25) is 4.79 Å². The fourth-order valence-corrected chi connectivity index (χ4v) is 5.01. The van der Waals surface area contributed by atoms with Crippen molar-refractivity contribution in [2.24, 2.45) is 0 Å². The van der Waals surface area contributed by atoms with E-state index in [9.17, 15) is 9.59 Å². The SMILES string of the molecule is C=CC(=O)Cc1cc(-c2c(-c3ccc(N4CCN(C)CC4)nc3)[nH]c3ncc(C(=O)OC(C)C)cc23)ccc1C. The number of aryl methyl sites for hydroxylation is 1. The second kappa shape index (κ2) is 11.4. The fourth-order valence-electron chi connectivity index (χ4n) is 5.01. The Labute approximate surface area is 234 Å². The first-order valence-electron chi connectivity index (χ1n) is 13.6. The second-order valence-corrected chi connectivity index (χ2v) is 10.6. The topological polar surface area (TPSA) is 91.4 Å². The van der Waals surface area contributed by atoms with E-state index in [-0.39, 0.29) is 18.3 Å². The van der Waals surface area contributed by atoms with E-state index in [2.05, 4.69) is 45.5 Å². The molecule has 0 unspecified atom stereocenters. The molecular formula is C32H35N5O3. The number of hydrogen-bond acceptors (Lipinski definition) is 7. The van der Waals surface area contributed by atoms with Gasteiger partial charge in [-0.15, -0.1) is 0 Å². The molecule has 1 fully saturated rings. The number of fused-ring (bicyclic) bond motifs is 1. The van der Waals surface area contributed by atoms with Gasteiger partial charge < -0.3 is 19.5 Å². The lowest BCUT2D eigenvalue weighted by atomic mass is 9.94. The number of hydrogen-bond donors (Lipinski definition) is 1. The maximum Gasteiger partial charge on any atom is 0.339 e. The number of nitrogens with one attached hydrogen (secondary N) is 1. The van der Waals surface area contributed by atoms with E-state index in [1.54, 1.807) is 0 Å². The molecule has 0 spiro atoms. The van der Waals surface area contributed by atoms with E-state index in [4.69, 9.17) is 9.72 Å². The summed E-state index contributed by atoms with van der Waals surface area (Å²) in [6.45, 7) is 13.2. The molecule has 4 aromatic rings. The molecule has 0 amide bonds. The van der Waals surface area contributed by atoms with Crippen molar-refractivity contribution >= 4 is 28.6 Å². The molecule has 3 aromatic heterocycles. The van der Waals surface area contributed by atoms with Crippen LogP contribution in [0, 0.1) is 6.92 Å². The molecule has 206 valence electrons. The van der Waals surface area contributed by atoms with Gasteiger partial charge in [-0.05, 0) is 68.8 Å². The van der Waals surface area contributed by atoms with Crippen molar-refractivity contribution in [1.29, 1.82) is 0 Å². The average molecular weight is 538 g/mol. The van der Waals surface area contributed by atoms with Crippen LogP contribution in [0.15, 0.2) is 61.4 Å². The molecule has 8 heteroatoms. The Morgan fingerprint density at radius 2 is 1.80 bits per heavy atom. The van der Waals surface area contributed by atoms with E-state index < -0.39 is 5.97 Å². The Balaban J connectivity index is 1.62. The Hall–Kier alpha value is -4.30. The first-order valence-corrected chi connectivity index (χ1v) is 13.6. The second-order valence-electron chi connectivity index (χ2n) is 10.6. The molecule has 1 aliphatic heterocycles. The van der Waals surface area contributed by atoms with Gasteiger partial charge in [0.1, 0.15) is 11.5 Å². The number of esters is 1. The number of rotatable bonds is 8. The molecule has 1 aliphatic rings. The van der Waals surface area contributed by atoms with E-state index in [0.29, 0.717) is 11.2 Å². The maximum atomic E-state index is 12.7. The van der Waals surface area contributed by atoms with Crippen LogP contribution in [0.2, 0.25) is 0 Å². The minimum atomic E-state index is -0.419. The van der Waals surface area contributed by atoms with E-state index in [0.717, 1.165) is 70.9 Å². The summed E-state index contributed by atoms with van der Waals surface area (Å²) in [4.78, 5) is 42.4. The van der Waals surface area contributed by atoms with Crippen molar-refractivity contribution in [2.75, 3.05) is 38.1 Å².